The van der Waals surface area contributed by atoms with Crippen LogP contribution in [-0.4, -0.2) is 40.2 Å². The van der Waals surface area contributed by atoms with Crippen molar-refractivity contribution >= 4 is 68.9 Å². The second-order valence-electron chi connectivity index (χ2n) is 9.48. The largest absolute Gasteiger partial charge is 0.507 e. The Balaban J connectivity index is 1.57. The molecule has 3 aromatic carbocycles. The fourth-order valence-corrected chi connectivity index (χ4v) is 7.01. The van der Waals surface area contributed by atoms with E-state index in [1.807, 2.05) is 39.0 Å². The van der Waals surface area contributed by atoms with Gasteiger partial charge in [-0.3, -0.25) is 14.5 Å². The quantitative estimate of drug-likeness (QED) is 0.0605. The summed E-state index contributed by atoms with van der Waals surface area (Å²) < 4.78 is 12.1. The van der Waals surface area contributed by atoms with Gasteiger partial charge < -0.3 is 14.6 Å². The lowest BCUT2D eigenvalue weighted by Crippen LogP contribution is -2.29. The summed E-state index contributed by atoms with van der Waals surface area (Å²) in [4.78, 5) is 28.5. The molecule has 1 amide bonds. The van der Waals surface area contributed by atoms with E-state index >= 15 is 0 Å². The Labute approximate surface area is 267 Å². The van der Waals surface area contributed by atoms with Crippen molar-refractivity contribution in [2.75, 3.05) is 18.1 Å². The van der Waals surface area contributed by atoms with Crippen molar-refractivity contribution in [2.24, 2.45) is 0 Å². The number of rotatable bonds is 10. The lowest BCUT2D eigenvalue weighted by atomic mass is 9.95. The van der Waals surface area contributed by atoms with Gasteiger partial charge in [0.05, 0.1) is 24.8 Å². The van der Waals surface area contributed by atoms with Gasteiger partial charge in [0.15, 0.2) is 15.8 Å². The van der Waals surface area contributed by atoms with Crippen LogP contribution in [0.15, 0.2) is 70.6 Å². The Morgan fingerprint density at radius 3 is 2.40 bits per heavy atom. The fraction of sp³-hybridized carbons (Fsp3) is 0.226. The molecule has 1 aliphatic rings. The molecule has 8 nitrogen and oxygen atoms in total. The number of ketones is 1. The summed E-state index contributed by atoms with van der Waals surface area (Å²) in [5, 5.41) is 21.3. The number of anilines is 1. The Morgan fingerprint density at radius 2 is 1.70 bits per heavy atom. The van der Waals surface area contributed by atoms with E-state index in [9.17, 15) is 14.7 Å². The molecule has 1 unspecified atom stereocenters. The van der Waals surface area contributed by atoms with E-state index in [1.165, 1.54) is 16.7 Å². The SMILES string of the molecule is CCOc1ccc(C2C(=C(O)c3ccc(C)cc3)C(=O)C(=O)N2c2nnc(SCc3ccc(Cl)cc3Cl)s2)cc1OCC. The molecule has 1 atom stereocenters. The number of amides is 1. The van der Waals surface area contributed by atoms with Crippen LogP contribution >= 0.6 is 46.3 Å². The van der Waals surface area contributed by atoms with Crippen molar-refractivity contribution in [3.63, 3.8) is 0 Å². The van der Waals surface area contributed by atoms with Crippen LogP contribution in [0.4, 0.5) is 5.13 Å². The number of Topliss-reactive ketones (excluding diaryl/α,β-unsaturated/α-hetero) is 1. The second kappa shape index (κ2) is 13.4. The molecular weight excluding hydrogens is 629 g/mol. The van der Waals surface area contributed by atoms with E-state index in [2.05, 4.69) is 10.2 Å². The van der Waals surface area contributed by atoms with E-state index in [4.69, 9.17) is 32.7 Å². The molecule has 1 saturated heterocycles. The third-order valence-electron chi connectivity index (χ3n) is 6.62. The zero-order valence-corrected chi connectivity index (χ0v) is 26.6. The number of carbonyl (C=O) groups excluding carboxylic acids is 2. The molecule has 0 spiro atoms. The van der Waals surface area contributed by atoms with Crippen LogP contribution in [0.25, 0.3) is 5.76 Å². The van der Waals surface area contributed by atoms with Crippen molar-refractivity contribution in [3.05, 3.63) is 98.5 Å². The summed E-state index contributed by atoms with van der Waals surface area (Å²) in [6.07, 6.45) is 0. The fourth-order valence-electron chi connectivity index (χ4n) is 4.59. The number of aryl methyl sites for hydroxylation is 1. The molecule has 1 fully saturated rings. The molecule has 43 heavy (non-hydrogen) atoms. The highest BCUT2D eigenvalue weighted by Gasteiger charge is 2.48. The molecule has 222 valence electrons. The molecule has 0 bridgehead atoms. The standard InChI is InChI=1S/C31H27Cl2N3O5S2/c1-4-40-23-13-11-19(14-24(23)41-5-2)26-25(27(37)18-8-6-17(3)7-9-18)28(38)29(39)36(26)30-34-35-31(43-30)42-16-20-10-12-21(32)15-22(20)33/h6-15,26,37H,4-5,16H2,1-3H3. The number of carbonyl (C=O) groups is 2. The molecule has 1 N–H and O–H groups in total. The van der Waals surface area contributed by atoms with E-state index in [1.54, 1.807) is 42.5 Å². The zero-order chi connectivity index (χ0) is 30.7. The Hall–Kier alpha value is -3.57. The van der Waals surface area contributed by atoms with E-state index in [0.29, 0.717) is 56.0 Å². The zero-order valence-electron chi connectivity index (χ0n) is 23.5. The maximum absolute atomic E-state index is 13.6. The molecule has 0 aliphatic carbocycles. The highest BCUT2D eigenvalue weighted by Crippen LogP contribution is 2.46. The van der Waals surface area contributed by atoms with Gasteiger partial charge in [0.25, 0.3) is 5.78 Å². The number of benzene rings is 3. The number of halogens is 2. The van der Waals surface area contributed by atoms with Gasteiger partial charge in [-0.1, -0.05) is 88.3 Å². The first-order chi connectivity index (χ1) is 20.7. The number of nitrogens with zero attached hydrogens (tertiary/aromatic N) is 3. The Kier molecular flexibility index (Phi) is 9.61. The van der Waals surface area contributed by atoms with Gasteiger partial charge in [0.1, 0.15) is 5.76 Å². The average molecular weight is 657 g/mol. The number of aliphatic hydroxyl groups is 1. The van der Waals surface area contributed by atoms with Crippen LogP contribution < -0.4 is 14.4 Å². The predicted molar refractivity (Wildman–Crippen MR) is 171 cm³/mol. The van der Waals surface area contributed by atoms with E-state index in [0.717, 1.165) is 22.5 Å². The van der Waals surface area contributed by atoms with Gasteiger partial charge >= 0.3 is 5.91 Å². The highest BCUT2D eigenvalue weighted by atomic mass is 35.5. The minimum atomic E-state index is -0.993. The number of aliphatic hydroxyl groups excluding tert-OH is 1. The minimum absolute atomic E-state index is 0.0576. The first-order valence-corrected chi connectivity index (χ1v) is 15.9. The van der Waals surface area contributed by atoms with E-state index < -0.39 is 17.7 Å². The average Bonchev–Trinajstić information content (AvgIpc) is 3.55. The van der Waals surface area contributed by atoms with Crippen molar-refractivity contribution in [3.8, 4) is 11.5 Å². The monoisotopic (exact) mass is 655 g/mol. The van der Waals surface area contributed by atoms with Crippen molar-refractivity contribution in [2.45, 2.75) is 36.9 Å². The summed E-state index contributed by atoms with van der Waals surface area (Å²) in [7, 11) is 0. The molecule has 12 heteroatoms. The second-order valence-corrected chi connectivity index (χ2v) is 12.5. The molecule has 0 radical (unpaired) electrons. The predicted octanol–water partition coefficient (Wildman–Crippen LogP) is 7.87. The van der Waals surface area contributed by atoms with Crippen LogP contribution in [0.1, 0.15) is 42.1 Å². The van der Waals surface area contributed by atoms with Gasteiger partial charge in [-0.15, -0.1) is 10.2 Å². The lowest BCUT2D eigenvalue weighted by Gasteiger charge is -2.23. The van der Waals surface area contributed by atoms with E-state index in [-0.39, 0.29) is 16.5 Å². The Bertz CT molecular complexity index is 1710. The molecule has 1 aliphatic heterocycles. The summed E-state index contributed by atoms with van der Waals surface area (Å²) in [6, 6.07) is 16.5. The van der Waals surface area contributed by atoms with Crippen LogP contribution in [-0.2, 0) is 15.3 Å². The normalized spacial score (nSPS) is 16.1. The van der Waals surface area contributed by atoms with Gasteiger partial charge in [-0.05, 0) is 56.2 Å². The molecular formula is C31H27Cl2N3O5S2. The van der Waals surface area contributed by atoms with Crippen LogP contribution in [0.2, 0.25) is 10.0 Å². The lowest BCUT2D eigenvalue weighted by molar-refractivity contribution is -0.132. The Morgan fingerprint density at radius 1 is 0.977 bits per heavy atom. The molecule has 4 aromatic rings. The van der Waals surface area contributed by atoms with Gasteiger partial charge in [-0.2, -0.15) is 0 Å². The summed E-state index contributed by atoms with van der Waals surface area (Å²) in [5.74, 6) is -0.452. The maximum atomic E-state index is 13.6. The molecule has 0 saturated carbocycles. The molecule has 5 rings (SSSR count). The van der Waals surface area contributed by atoms with Crippen LogP contribution in [0, 0.1) is 6.92 Å². The first kappa shape index (κ1) is 30.9. The number of aromatic nitrogens is 2. The van der Waals surface area contributed by atoms with Gasteiger partial charge in [0, 0.05) is 21.4 Å². The number of hydrogen-bond acceptors (Lipinski definition) is 9. The van der Waals surface area contributed by atoms with Crippen molar-refractivity contribution < 1.29 is 24.2 Å². The van der Waals surface area contributed by atoms with Crippen molar-refractivity contribution in [1.29, 1.82) is 0 Å². The van der Waals surface area contributed by atoms with Crippen molar-refractivity contribution in [1.82, 2.24) is 10.2 Å². The number of thioether (sulfide) groups is 1. The summed E-state index contributed by atoms with van der Waals surface area (Å²) in [5.41, 5.74) is 2.75. The van der Waals surface area contributed by atoms with Crippen LogP contribution in [0.5, 0.6) is 11.5 Å². The third kappa shape index (κ3) is 6.52. The highest BCUT2D eigenvalue weighted by molar-refractivity contribution is 8.00. The smallest absolute Gasteiger partial charge is 0.301 e. The first-order valence-electron chi connectivity index (χ1n) is 13.4. The third-order valence-corrected chi connectivity index (χ3v) is 9.31. The summed E-state index contributed by atoms with van der Waals surface area (Å²) in [6.45, 7) is 6.44. The molecule has 2 heterocycles. The summed E-state index contributed by atoms with van der Waals surface area (Å²) >= 11 is 14.9. The minimum Gasteiger partial charge on any atom is -0.507 e. The van der Waals surface area contributed by atoms with Gasteiger partial charge in [-0.25, -0.2) is 0 Å². The van der Waals surface area contributed by atoms with Crippen LogP contribution in [0.3, 0.4) is 0 Å². The molecule has 1 aromatic heterocycles. The number of ether oxygens (including phenoxy) is 2. The maximum Gasteiger partial charge on any atom is 0.301 e. The number of hydrogen-bond donors (Lipinski definition) is 1. The van der Waals surface area contributed by atoms with Gasteiger partial charge in [0.2, 0.25) is 5.13 Å². The topological polar surface area (TPSA) is 102 Å².